The minimum atomic E-state index is 0.0671. The van der Waals surface area contributed by atoms with Gasteiger partial charge in [0.05, 0.1) is 4.88 Å². The molecule has 14 heavy (non-hydrogen) atoms. The second kappa shape index (κ2) is 2.78. The second-order valence-corrected chi connectivity index (χ2v) is 4.21. The summed E-state index contributed by atoms with van der Waals surface area (Å²) < 4.78 is 1.93. The molecule has 2 aromatic rings. The number of nitrogens with zero attached hydrogens (tertiary/aromatic N) is 2. The molecule has 1 aliphatic heterocycles. The first kappa shape index (κ1) is 7.94. The molecule has 1 aliphatic rings. The number of fused-ring (bicyclic) bond motifs is 2. The third kappa shape index (κ3) is 0.974. The first-order chi connectivity index (χ1) is 6.86. The van der Waals surface area contributed by atoms with Crippen LogP contribution < -0.4 is 0 Å². The van der Waals surface area contributed by atoms with Crippen molar-refractivity contribution in [2.24, 2.45) is 0 Å². The zero-order valence-electron chi connectivity index (χ0n) is 7.43. The normalized spacial score (nSPS) is 14.7. The van der Waals surface area contributed by atoms with Gasteiger partial charge >= 0.3 is 0 Å². The van der Waals surface area contributed by atoms with E-state index < -0.39 is 0 Å². The molecule has 0 unspecified atom stereocenters. The van der Waals surface area contributed by atoms with E-state index in [9.17, 15) is 4.79 Å². The lowest BCUT2D eigenvalue weighted by molar-refractivity contribution is 0.103. The highest BCUT2D eigenvalue weighted by atomic mass is 32.1. The molecule has 3 nitrogen and oxygen atoms in total. The van der Waals surface area contributed by atoms with Gasteiger partial charge in [0, 0.05) is 18.9 Å². The fourth-order valence-electron chi connectivity index (χ4n) is 1.77. The van der Waals surface area contributed by atoms with Crippen molar-refractivity contribution in [3.8, 4) is 0 Å². The van der Waals surface area contributed by atoms with E-state index in [1.165, 1.54) is 11.3 Å². The quantitative estimate of drug-likeness (QED) is 0.655. The van der Waals surface area contributed by atoms with Crippen molar-refractivity contribution in [3.05, 3.63) is 40.1 Å². The molecule has 3 rings (SSSR count). The number of hydrogen-bond acceptors (Lipinski definition) is 3. The van der Waals surface area contributed by atoms with Crippen molar-refractivity contribution in [1.29, 1.82) is 0 Å². The number of rotatable bonds is 0. The molecule has 2 aromatic heterocycles. The van der Waals surface area contributed by atoms with Crippen LogP contribution in [0, 0.1) is 0 Å². The standard InChI is InChI=1S/C10H8N2OS/c13-8-9-7(2-6-14-9)1-4-12-5-3-11-10(8)12/h2-3,5-6H,1,4H2. The predicted molar refractivity (Wildman–Crippen MR) is 53.7 cm³/mol. The molecule has 0 fully saturated rings. The summed E-state index contributed by atoms with van der Waals surface area (Å²) in [7, 11) is 0. The van der Waals surface area contributed by atoms with Gasteiger partial charge in [-0.2, -0.15) is 0 Å². The van der Waals surface area contributed by atoms with Gasteiger partial charge in [-0.25, -0.2) is 4.98 Å². The Hall–Kier alpha value is -1.42. The maximum atomic E-state index is 12.0. The molecule has 0 amide bonds. The highest BCUT2D eigenvalue weighted by Crippen LogP contribution is 2.24. The Morgan fingerprint density at radius 3 is 3.36 bits per heavy atom. The molecule has 0 aliphatic carbocycles. The van der Waals surface area contributed by atoms with Crippen LogP contribution >= 0.6 is 11.3 Å². The second-order valence-electron chi connectivity index (χ2n) is 3.30. The van der Waals surface area contributed by atoms with Crippen molar-refractivity contribution in [2.75, 3.05) is 0 Å². The number of ketones is 1. The summed E-state index contributed by atoms with van der Waals surface area (Å²) in [6.07, 6.45) is 4.48. The summed E-state index contributed by atoms with van der Waals surface area (Å²) in [5.41, 5.74) is 1.16. The molecule has 0 aromatic carbocycles. The van der Waals surface area contributed by atoms with Crippen molar-refractivity contribution in [1.82, 2.24) is 9.55 Å². The van der Waals surface area contributed by atoms with E-state index in [2.05, 4.69) is 4.98 Å². The lowest BCUT2D eigenvalue weighted by Gasteiger charge is -1.99. The van der Waals surface area contributed by atoms with Crippen LogP contribution in [0.4, 0.5) is 0 Å². The van der Waals surface area contributed by atoms with E-state index in [0.29, 0.717) is 5.82 Å². The maximum Gasteiger partial charge on any atom is 0.238 e. The first-order valence-corrected chi connectivity index (χ1v) is 5.36. The summed E-state index contributed by atoms with van der Waals surface area (Å²) in [6, 6.07) is 2.03. The number of imidazole rings is 1. The lowest BCUT2D eigenvalue weighted by Crippen LogP contribution is -2.07. The van der Waals surface area contributed by atoms with Gasteiger partial charge in [-0.3, -0.25) is 4.79 Å². The molecule has 0 saturated carbocycles. The number of thiophene rings is 1. The first-order valence-electron chi connectivity index (χ1n) is 4.48. The van der Waals surface area contributed by atoms with Crippen LogP contribution in [0.2, 0.25) is 0 Å². The third-order valence-corrected chi connectivity index (χ3v) is 3.45. The molecule has 70 valence electrons. The predicted octanol–water partition coefficient (Wildman–Crippen LogP) is 1.73. The molecule has 0 saturated heterocycles. The van der Waals surface area contributed by atoms with E-state index in [1.807, 2.05) is 22.2 Å². The molecule has 0 N–H and O–H groups in total. The Kier molecular flexibility index (Phi) is 1.58. The largest absolute Gasteiger partial charge is 0.328 e. The van der Waals surface area contributed by atoms with E-state index in [-0.39, 0.29) is 5.78 Å². The van der Waals surface area contributed by atoms with Crippen molar-refractivity contribution < 1.29 is 4.79 Å². The van der Waals surface area contributed by atoms with Gasteiger partial charge in [-0.1, -0.05) is 0 Å². The number of carbonyl (C=O) groups is 1. The van der Waals surface area contributed by atoms with E-state index in [4.69, 9.17) is 0 Å². The van der Waals surface area contributed by atoms with Crippen molar-refractivity contribution >= 4 is 17.1 Å². The van der Waals surface area contributed by atoms with Gasteiger partial charge in [-0.15, -0.1) is 11.3 Å². The van der Waals surface area contributed by atoms with Gasteiger partial charge in [0.1, 0.15) is 0 Å². The van der Waals surface area contributed by atoms with E-state index >= 15 is 0 Å². The van der Waals surface area contributed by atoms with Crippen LogP contribution in [-0.2, 0) is 13.0 Å². The highest BCUT2D eigenvalue weighted by Gasteiger charge is 2.22. The molecule has 0 bridgehead atoms. The Labute approximate surface area is 85.0 Å². The molecule has 3 heterocycles. The van der Waals surface area contributed by atoms with Gasteiger partial charge in [0.15, 0.2) is 5.82 Å². The molecule has 0 spiro atoms. The van der Waals surface area contributed by atoms with Gasteiger partial charge in [0.25, 0.3) is 0 Å². The van der Waals surface area contributed by atoms with Crippen LogP contribution in [0.25, 0.3) is 0 Å². The molecular weight excluding hydrogens is 196 g/mol. The Morgan fingerprint density at radius 2 is 2.43 bits per heavy atom. The number of aryl methyl sites for hydroxylation is 2. The number of aromatic nitrogens is 2. The third-order valence-electron chi connectivity index (χ3n) is 2.49. The van der Waals surface area contributed by atoms with Crippen molar-refractivity contribution in [2.45, 2.75) is 13.0 Å². The fourth-order valence-corrected chi connectivity index (χ4v) is 2.66. The van der Waals surface area contributed by atoms with Crippen molar-refractivity contribution in [3.63, 3.8) is 0 Å². The van der Waals surface area contributed by atoms with E-state index in [1.54, 1.807) is 6.20 Å². The highest BCUT2D eigenvalue weighted by molar-refractivity contribution is 7.12. The van der Waals surface area contributed by atoms with E-state index in [0.717, 1.165) is 23.4 Å². The summed E-state index contributed by atoms with van der Waals surface area (Å²) in [5.74, 6) is 0.642. The Morgan fingerprint density at radius 1 is 1.50 bits per heavy atom. The summed E-state index contributed by atoms with van der Waals surface area (Å²) in [5, 5.41) is 1.97. The van der Waals surface area contributed by atoms with Crippen LogP contribution in [0.15, 0.2) is 23.8 Å². The number of hydrogen-bond donors (Lipinski definition) is 0. The molecule has 0 radical (unpaired) electrons. The zero-order chi connectivity index (χ0) is 9.54. The lowest BCUT2D eigenvalue weighted by atomic mass is 10.1. The summed E-state index contributed by atoms with van der Waals surface area (Å²) in [6.45, 7) is 0.852. The van der Waals surface area contributed by atoms with Gasteiger partial charge in [0.2, 0.25) is 5.78 Å². The Bertz CT molecular complexity index is 453. The molecule has 0 atom stereocenters. The van der Waals surface area contributed by atoms with Crippen LogP contribution in [0.3, 0.4) is 0 Å². The minimum absolute atomic E-state index is 0.0671. The fraction of sp³-hybridized carbons (Fsp3) is 0.200. The molecular formula is C10H8N2OS. The average molecular weight is 204 g/mol. The summed E-state index contributed by atoms with van der Waals surface area (Å²) in [4.78, 5) is 16.9. The van der Waals surface area contributed by atoms with Crippen LogP contribution in [0.1, 0.15) is 21.1 Å². The minimum Gasteiger partial charge on any atom is -0.328 e. The summed E-state index contributed by atoms with van der Waals surface area (Å²) >= 11 is 1.51. The molecule has 4 heteroatoms. The van der Waals surface area contributed by atoms with Gasteiger partial charge < -0.3 is 4.57 Å². The average Bonchev–Trinajstić information content (AvgIpc) is 2.81. The van der Waals surface area contributed by atoms with Crippen LogP contribution in [-0.4, -0.2) is 15.3 Å². The number of carbonyl (C=O) groups excluding carboxylic acids is 1. The van der Waals surface area contributed by atoms with Crippen LogP contribution in [0.5, 0.6) is 0 Å². The smallest absolute Gasteiger partial charge is 0.238 e. The topological polar surface area (TPSA) is 34.9 Å². The monoisotopic (exact) mass is 204 g/mol. The van der Waals surface area contributed by atoms with Gasteiger partial charge in [-0.05, 0) is 23.4 Å². The zero-order valence-corrected chi connectivity index (χ0v) is 8.25. The maximum absolute atomic E-state index is 12.0. The Balaban J connectivity index is 2.22. The SMILES string of the molecule is O=C1c2sccc2CCn2ccnc21.